The highest BCUT2D eigenvalue weighted by molar-refractivity contribution is 9.10. The molecule has 1 heterocycles. The third kappa shape index (κ3) is 1.70. The maximum absolute atomic E-state index is 11.2. The molecule has 0 radical (unpaired) electrons. The molecule has 1 aromatic carbocycles. The largest absolute Gasteiger partial charge is 0.507 e. The van der Waals surface area contributed by atoms with Crippen LogP contribution in [0.4, 0.5) is 0 Å². The molecule has 0 atom stereocenters. The normalized spacial score (nSPS) is 10.5. The van der Waals surface area contributed by atoms with E-state index in [1.54, 1.807) is 12.1 Å². The summed E-state index contributed by atoms with van der Waals surface area (Å²) in [6.07, 6.45) is 0. The van der Waals surface area contributed by atoms with Gasteiger partial charge in [-0.25, -0.2) is 4.79 Å². The van der Waals surface area contributed by atoms with Crippen LogP contribution in [0, 0.1) is 0 Å². The van der Waals surface area contributed by atoms with Crippen LogP contribution in [0.15, 0.2) is 27.1 Å². The highest BCUT2D eigenvalue weighted by Gasteiger charge is 2.13. The van der Waals surface area contributed by atoms with Gasteiger partial charge in [-0.05, 0) is 28.1 Å². The Morgan fingerprint density at radius 3 is 2.87 bits per heavy atom. The van der Waals surface area contributed by atoms with Crippen molar-refractivity contribution in [3.8, 4) is 5.75 Å². The fourth-order valence-corrected chi connectivity index (χ4v) is 1.61. The summed E-state index contributed by atoms with van der Waals surface area (Å²) in [5.41, 5.74) is 0.441. The summed E-state index contributed by atoms with van der Waals surface area (Å²) >= 11 is 3.17. The van der Waals surface area contributed by atoms with Crippen LogP contribution < -0.4 is 0 Å². The number of esters is 1. The first-order valence-electron chi connectivity index (χ1n) is 4.12. The van der Waals surface area contributed by atoms with Crippen molar-refractivity contribution < 1.29 is 19.1 Å². The quantitative estimate of drug-likeness (QED) is 0.810. The van der Waals surface area contributed by atoms with Crippen molar-refractivity contribution in [3.63, 3.8) is 0 Å². The summed E-state index contributed by atoms with van der Waals surface area (Å²) < 4.78 is 10.3. The first-order valence-corrected chi connectivity index (χ1v) is 4.91. The third-order valence-corrected chi connectivity index (χ3v) is 2.61. The first-order chi connectivity index (χ1) is 7.11. The summed E-state index contributed by atoms with van der Waals surface area (Å²) in [5, 5.41) is 10.1. The lowest BCUT2D eigenvalue weighted by Gasteiger charge is -1.94. The van der Waals surface area contributed by atoms with Crippen LogP contribution in [0.25, 0.3) is 11.0 Å². The number of hydrogen-bond acceptors (Lipinski definition) is 4. The fourth-order valence-electron chi connectivity index (χ4n) is 1.25. The number of fused-ring (bicyclic) bond motifs is 1. The summed E-state index contributed by atoms with van der Waals surface area (Å²) in [6, 6.07) is 4.66. The zero-order valence-electron chi connectivity index (χ0n) is 7.78. The van der Waals surface area contributed by atoms with Gasteiger partial charge in [-0.3, -0.25) is 0 Å². The summed E-state index contributed by atoms with van der Waals surface area (Å²) in [5.74, 6) is -0.361. The summed E-state index contributed by atoms with van der Waals surface area (Å²) in [4.78, 5) is 11.2. The molecule has 0 aliphatic rings. The number of carbonyl (C=O) groups excluding carboxylic acids is 1. The van der Waals surface area contributed by atoms with Crippen molar-refractivity contribution in [2.45, 2.75) is 0 Å². The topological polar surface area (TPSA) is 59.7 Å². The lowest BCUT2D eigenvalue weighted by atomic mass is 10.2. The van der Waals surface area contributed by atoms with E-state index in [0.717, 1.165) is 5.39 Å². The molecule has 0 unspecified atom stereocenters. The van der Waals surface area contributed by atoms with Crippen LogP contribution in [0.5, 0.6) is 5.75 Å². The molecule has 4 nitrogen and oxygen atoms in total. The molecule has 0 fully saturated rings. The lowest BCUT2D eigenvalue weighted by Crippen LogP contribution is -1.97. The number of hydrogen-bond donors (Lipinski definition) is 1. The molecule has 0 aliphatic carbocycles. The third-order valence-electron chi connectivity index (χ3n) is 1.97. The van der Waals surface area contributed by atoms with Gasteiger partial charge >= 0.3 is 5.97 Å². The smallest absolute Gasteiger partial charge is 0.373 e. The van der Waals surface area contributed by atoms with Gasteiger partial charge in [-0.15, -0.1) is 0 Å². The van der Waals surface area contributed by atoms with E-state index in [4.69, 9.17) is 4.42 Å². The highest BCUT2D eigenvalue weighted by atomic mass is 79.9. The molecule has 0 aliphatic heterocycles. The SMILES string of the molecule is COC(=O)c1cc2cc(Br)c(O)cc2o1. The van der Waals surface area contributed by atoms with Crippen molar-refractivity contribution in [2.75, 3.05) is 7.11 Å². The predicted octanol–water partition coefficient (Wildman–Crippen LogP) is 2.69. The van der Waals surface area contributed by atoms with Gasteiger partial charge < -0.3 is 14.3 Å². The van der Waals surface area contributed by atoms with Gasteiger partial charge in [0.05, 0.1) is 11.6 Å². The first kappa shape index (κ1) is 10.0. The zero-order chi connectivity index (χ0) is 11.0. The highest BCUT2D eigenvalue weighted by Crippen LogP contribution is 2.31. The minimum Gasteiger partial charge on any atom is -0.507 e. The average Bonchev–Trinajstić information content (AvgIpc) is 2.60. The Bertz CT molecular complexity index is 490. The van der Waals surface area contributed by atoms with Gasteiger partial charge in [0.2, 0.25) is 5.76 Å². The van der Waals surface area contributed by atoms with Crippen LogP contribution in [-0.4, -0.2) is 18.2 Å². The fraction of sp³-hybridized carbons (Fsp3) is 0.100. The van der Waals surface area contributed by atoms with Crippen LogP contribution >= 0.6 is 15.9 Å². The Hall–Kier alpha value is -1.49. The van der Waals surface area contributed by atoms with Gasteiger partial charge in [0, 0.05) is 11.5 Å². The maximum atomic E-state index is 11.2. The number of ether oxygens (including phenoxy) is 1. The van der Waals surface area contributed by atoms with E-state index >= 15 is 0 Å². The molecule has 15 heavy (non-hydrogen) atoms. The van der Waals surface area contributed by atoms with Gasteiger partial charge in [0.25, 0.3) is 0 Å². The van der Waals surface area contributed by atoms with Crippen LogP contribution in [0.3, 0.4) is 0 Å². The van der Waals surface area contributed by atoms with Gasteiger partial charge in [-0.2, -0.15) is 0 Å². The number of aromatic hydroxyl groups is 1. The molecule has 1 aromatic heterocycles. The molecule has 0 amide bonds. The zero-order valence-corrected chi connectivity index (χ0v) is 9.37. The minimum atomic E-state index is -0.540. The molecular formula is C10H7BrO4. The molecule has 78 valence electrons. The van der Waals surface area contributed by atoms with Crippen molar-refractivity contribution >= 4 is 32.9 Å². The number of benzene rings is 1. The number of carbonyl (C=O) groups is 1. The summed E-state index contributed by atoms with van der Waals surface area (Å²) in [6.45, 7) is 0. The van der Waals surface area contributed by atoms with Gasteiger partial charge in [-0.1, -0.05) is 0 Å². The second kappa shape index (κ2) is 3.58. The Labute approximate surface area is 93.6 Å². The van der Waals surface area contributed by atoms with Gasteiger partial charge in [0.1, 0.15) is 11.3 Å². The molecular weight excluding hydrogens is 264 g/mol. The van der Waals surface area contributed by atoms with Crippen molar-refractivity contribution in [2.24, 2.45) is 0 Å². The summed E-state index contributed by atoms with van der Waals surface area (Å²) in [7, 11) is 1.28. The molecule has 0 saturated carbocycles. The van der Waals surface area contributed by atoms with E-state index in [-0.39, 0.29) is 11.5 Å². The lowest BCUT2D eigenvalue weighted by molar-refractivity contribution is 0.0567. The van der Waals surface area contributed by atoms with E-state index in [1.807, 2.05) is 0 Å². The van der Waals surface area contributed by atoms with E-state index < -0.39 is 5.97 Å². The van der Waals surface area contributed by atoms with E-state index in [9.17, 15) is 9.90 Å². The molecule has 2 aromatic rings. The monoisotopic (exact) mass is 270 g/mol. The number of methoxy groups -OCH3 is 1. The van der Waals surface area contributed by atoms with Crippen molar-refractivity contribution in [1.29, 1.82) is 0 Å². The molecule has 1 N–H and O–H groups in total. The van der Waals surface area contributed by atoms with Crippen molar-refractivity contribution in [3.05, 3.63) is 28.4 Å². The molecule has 2 rings (SSSR count). The Balaban J connectivity index is 2.61. The molecule has 0 spiro atoms. The van der Waals surface area contributed by atoms with Crippen LogP contribution in [-0.2, 0) is 4.74 Å². The molecule has 5 heteroatoms. The number of furan rings is 1. The number of phenols is 1. The Morgan fingerprint density at radius 1 is 1.47 bits per heavy atom. The number of phenolic OH excluding ortho intramolecular Hbond substituents is 1. The Kier molecular flexibility index (Phi) is 2.40. The molecule has 0 bridgehead atoms. The molecule has 0 saturated heterocycles. The van der Waals surface area contributed by atoms with E-state index in [1.165, 1.54) is 13.2 Å². The number of rotatable bonds is 1. The second-order valence-electron chi connectivity index (χ2n) is 2.94. The average molecular weight is 271 g/mol. The predicted molar refractivity (Wildman–Crippen MR) is 56.9 cm³/mol. The van der Waals surface area contributed by atoms with Crippen LogP contribution in [0.1, 0.15) is 10.6 Å². The van der Waals surface area contributed by atoms with E-state index in [0.29, 0.717) is 10.1 Å². The second-order valence-corrected chi connectivity index (χ2v) is 3.80. The number of halogens is 1. The van der Waals surface area contributed by atoms with Crippen LogP contribution in [0.2, 0.25) is 0 Å². The Morgan fingerprint density at radius 2 is 2.20 bits per heavy atom. The van der Waals surface area contributed by atoms with Crippen molar-refractivity contribution in [1.82, 2.24) is 0 Å². The van der Waals surface area contributed by atoms with Gasteiger partial charge in [0.15, 0.2) is 0 Å². The maximum Gasteiger partial charge on any atom is 0.373 e. The minimum absolute atomic E-state index is 0.0632. The standard InChI is InChI=1S/C10H7BrO4/c1-14-10(13)9-3-5-2-6(11)7(12)4-8(5)15-9/h2-4,12H,1H3. The van der Waals surface area contributed by atoms with E-state index in [2.05, 4.69) is 20.7 Å².